The number of hydrogen-bond acceptors (Lipinski definition) is 4. The first-order valence-electron chi connectivity index (χ1n) is 7.32. The highest BCUT2D eigenvalue weighted by atomic mass is 35.5. The van der Waals surface area contributed by atoms with Crippen LogP contribution in [0.2, 0.25) is 5.02 Å². The molecule has 130 valence electrons. The fourth-order valence-corrected chi connectivity index (χ4v) is 2.31. The third-order valence-corrected chi connectivity index (χ3v) is 3.80. The average Bonchev–Trinajstić information content (AvgIpc) is 2.59. The molecule has 0 aliphatic rings. The van der Waals surface area contributed by atoms with E-state index in [0.717, 1.165) is 11.6 Å². The summed E-state index contributed by atoms with van der Waals surface area (Å²) in [6.07, 6.45) is 0. The lowest BCUT2D eigenvalue weighted by Gasteiger charge is -2.11. The van der Waals surface area contributed by atoms with Crippen molar-refractivity contribution in [2.45, 2.75) is 6.54 Å². The highest BCUT2D eigenvalue weighted by Crippen LogP contribution is 2.22. The van der Waals surface area contributed by atoms with Crippen molar-refractivity contribution in [1.29, 1.82) is 0 Å². The maximum Gasteiger partial charge on any atom is 0.270 e. The van der Waals surface area contributed by atoms with Crippen LogP contribution < -0.4 is 5.32 Å². The van der Waals surface area contributed by atoms with Crippen LogP contribution in [0.15, 0.2) is 42.5 Å². The van der Waals surface area contributed by atoms with Crippen molar-refractivity contribution in [2.24, 2.45) is 0 Å². The van der Waals surface area contributed by atoms with E-state index in [2.05, 4.69) is 5.32 Å². The van der Waals surface area contributed by atoms with E-state index in [-0.39, 0.29) is 28.7 Å². The van der Waals surface area contributed by atoms with E-state index in [1.54, 1.807) is 38.4 Å². The van der Waals surface area contributed by atoms with Crippen LogP contribution in [0.3, 0.4) is 0 Å². The summed E-state index contributed by atoms with van der Waals surface area (Å²) < 4.78 is 0. The molecule has 2 aromatic rings. The Morgan fingerprint density at radius 1 is 1.16 bits per heavy atom. The van der Waals surface area contributed by atoms with Crippen LogP contribution in [-0.4, -0.2) is 35.7 Å². The molecule has 0 aliphatic carbocycles. The van der Waals surface area contributed by atoms with Gasteiger partial charge in [0, 0.05) is 38.3 Å². The van der Waals surface area contributed by atoms with Crippen molar-refractivity contribution < 1.29 is 14.5 Å². The number of nitrogens with one attached hydrogen (secondary N) is 1. The molecule has 8 heteroatoms. The van der Waals surface area contributed by atoms with Crippen LogP contribution in [0.25, 0.3) is 0 Å². The maximum atomic E-state index is 12.2. The van der Waals surface area contributed by atoms with Crippen molar-refractivity contribution in [3.63, 3.8) is 0 Å². The van der Waals surface area contributed by atoms with Gasteiger partial charge in [0.2, 0.25) is 0 Å². The van der Waals surface area contributed by atoms with E-state index >= 15 is 0 Å². The lowest BCUT2D eigenvalue weighted by Crippen LogP contribution is -2.24. The third kappa shape index (κ3) is 4.54. The number of halogens is 1. The predicted molar refractivity (Wildman–Crippen MR) is 93.7 cm³/mol. The first-order chi connectivity index (χ1) is 11.8. The first kappa shape index (κ1) is 18.4. The third-order valence-electron chi connectivity index (χ3n) is 3.47. The Morgan fingerprint density at radius 2 is 1.80 bits per heavy atom. The standard InChI is InChI=1S/C17H16ClN3O4/c1-20(2)17(23)12-5-3-11(4-6-12)10-19-16(22)14-9-13(21(24)25)7-8-15(14)18/h3-9H,10H2,1-2H3,(H,19,22). The van der Waals surface area contributed by atoms with Crippen LogP contribution >= 0.6 is 11.6 Å². The van der Waals surface area contributed by atoms with E-state index in [1.165, 1.54) is 17.0 Å². The van der Waals surface area contributed by atoms with Crippen LogP contribution in [0.5, 0.6) is 0 Å². The van der Waals surface area contributed by atoms with E-state index in [4.69, 9.17) is 11.6 Å². The Morgan fingerprint density at radius 3 is 2.36 bits per heavy atom. The van der Waals surface area contributed by atoms with Gasteiger partial charge >= 0.3 is 0 Å². The number of hydrogen-bond donors (Lipinski definition) is 1. The average molecular weight is 362 g/mol. The lowest BCUT2D eigenvalue weighted by atomic mass is 10.1. The molecule has 0 heterocycles. The van der Waals surface area contributed by atoms with Crippen LogP contribution in [0.4, 0.5) is 5.69 Å². The summed E-state index contributed by atoms with van der Waals surface area (Å²) in [6, 6.07) is 10.5. The summed E-state index contributed by atoms with van der Waals surface area (Å²) in [7, 11) is 3.33. The number of amides is 2. The van der Waals surface area contributed by atoms with E-state index in [9.17, 15) is 19.7 Å². The normalized spacial score (nSPS) is 10.2. The minimum Gasteiger partial charge on any atom is -0.348 e. The molecule has 0 saturated heterocycles. The van der Waals surface area contributed by atoms with Gasteiger partial charge in [-0.1, -0.05) is 23.7 Å². The molecule has 0 aromatic heterocycles. The van der Waals surface area contributed by atoms with Gasteiger partial charge in [0.15, 0.2) is 0 Å². The number of non-ortho nitro benzene ring substituents is 1. The van der Waals surface area contributed by atoms with Crippen LogP contribution in [0.1, 0.15) is 26.3 Å². The summed E-state index contributed by atoms with van der Waals surface area (Å²) in [6.45, 7) is 0.203. The molecule has 2 rings (SSSR count). The topological polar surface area (TPSA) is 92.6 Å². The Bertz CT molecular complexity index is 819. The molecule has 0 aliphatic heterocycles. The molecule has 2 aromatic carbocycles. The lowest BCUT2D eigenvalue weighted by molar-refractivity contribution is -0.384. The monoisotopic (exact) mass is 361 g/mol. The molecular weight excluding hydrogens is 346 g/mol. The molecule has 2 amide bonds. The Kier molecular flexibility index (Phi) is 5.71. The summed E-state index contributed by atoms with van der Waals surface area (Å²) in [5.74, 6) is -0.624. The van der Waals surface area contributed by atoms with Crippen molar-refractivity contribution >= 4 is 29.1 Å². The summed E-state index contributed by atoms with van der Waals surface area (Å²) >= 11 is 5.94. The Hall–Kier alpha value is -2.93. The Labute approximate surface area is 149 Å². The number of nitro benzene ring substituents is 1. The summed E-state index contributed by atoms with van der Waals surface area (Å²) in [5.41, 5.74) is 1.16. The number of benzene rings is 2. The molecule has 0 bridgehead atoms. The van der Waals surface area contributed by atoms with Gasteiger partial charge < -0.3 is 10.2 Å². The number of nitro groups is 1. The van der Waals surface area contributed by atoms with Crippen molar-refractivity contribution in [3.05, 3.63) is 74.3 Å². The molecule has 0 fully saturated rings. The van der Waals surface area contributed by atoms with Gasteiger partial charge in [0.05, 0.1) is 15.5 Å². The number of carbonyl (C=O) groups excluding carboxylic acids is 2. The highest BCUT2D eigenvalue weighted by molar-refractivity contribution is 6.33. The van der Waals surface area contributed by atoms with E-state index in [1.807, 2.05) is 0 Å². The minimum atomic E-state index is -0.590. The minimum absolute atomic E-state index is 0.0373. The zero-order chi connectivity index (χ0) is 18.6. The SMILES string of the molecule is CN(C)C(=O)c1ccc(CNC(=O)c2cc([N+](=O)[O-])ccc2Cl)cc1. The molecule has 0 atom stereocenters. The zero-order valence-electron chi connectivity index (χ0n) is 13.7. The quantitative estimate of drug-likeness (QED) is 0.654. The molecule has 0 unspecified atom stereocenters. The van der Waals surface area contributed by atoms with E-state index < -0.39 is 10.8 Å². The second kappa shape index (κ2) is 7.76. The van der Waals surface area contributed by atoms with Gasteiger partial charge in [0.1, 0.15) is 0 Å². The molecule has 0 saturated carbocycles. The number of carbonyl (C=O) groups is 2. The second-order valence-electron chi connectivity index (χ2n) is 5.50. The second-order valence-corrected chi connectivity index (χ2v) is 5.91. The van der Waals surface area contributed by atoms with Gasteiger partial charge in [-0.25, -0.2) is 0 Å². The van der Waals surface area contributed by atoms with Gasteiger partial charge in [0.25, 0.3) is 17.5 Å². The van der Waals surface area contributed by atoms with Gasteiger partial charge in [-0.2, -0.15) is 0 Å². The highest BCUT2D eigenvalue weighted by Gasteiger charge is 2.15. The van der Waals surface area contributed by atoms with Crippen LogP contribution in [-0.2, 0) is 6.54 Å². The predicted octanol–water partition coefficient (Wildman–Crippen LogP) is 2.88. The van der Waals surface area contributed by atoms with Gasteiger partial charge in [-0.05, 0) is 23.8 Å². The van der Waals surface area contributed by atoms with Gasteiger partial charge in [-0.3, -0.25) is 19.7 Å². The number of rotatable bonds is 5. The van der Waals surface area contributed by atoms with E-state index in [0.29, 0.717) is 5.56 Å². The molecule has 0 spiro atoms. The molecule has 1 N–H and O–H groups in total. The fraction of sp³-hybridized carbons (Fsp3) is 0.176. The summed E-state index contributed by atoms with van der Waals surface area (Å²) in [4.78, 5) is 35.7. The maximum absolute atomic E-state index is 12.2. The Balaban J connectivity index is 2.06. The zero-order valence-corrected chi connectivity index (χ0v) is 14.4. The fourth-order valence-electron chi connectivity index (χ4n) is 2.10. The van der Waals surface area contributed by atoms with Crippen molar-refractivity contribution in [1.82, 2.24) is 10.2 Å². The van der Waals surface area contributed by atoms with Crippen molar-refractivity contribution in [2.75, 3.05) is 14.1 Å². The largest absolute Gasteiger partial charge is 0.348 e. The number of nitrogens with zero attached hydrogens (tertiary/aromatic N) is 2. The molecule has 0 radical (unpaired) electrons. The van der Waals surface area contributed by atoms with Gasteiger partial charge in [-0.15, -0.1) is 0 Å². The van der Waals surface area contributed by atoms with Crippen molar-refractivity contribution in [3.8, 4) is 0 Å². The first-order valence-corrected chi connectivity index (χ1v) is 7.70. The molecule has 7 nitrogen and oxygen atoms in total. The smallest absolute Gasteiger partial charge is 0.270 e. The summed E-state index contributed by atoms with van der Waals surface area (Å²) in [5, 5.41) is 13.6. The molecular formula is C17H16ClN3O4. The van der Waals surface area contributed by atoms with Crippen LogP contribution in [0, 0.1) is 10.1 Å². The molecule has 25 heavy (non-hydrogen) atoms.